The fraction of sp³-hybridized carbons (Fsp3) is 0.500. The van der Waals surface area contributed by atoms with Crippen molar-refractivity contribution in [2.24, 2.45) is 0 Å². The maximum atomic E-state index is 6.03. The summed E-state index contributed by atoms with van der Waals surface area (Å²) in [6, 6.07) is 5.86. The van der Waals surface area contributed by atoms with Gasteiger partial charge in [-0.1, -0.05) is 17.7 Å². The van der Waals surface area contributed by atoms with E-state index in [1.165, 1.54) is 0 Å². The van der Waals surface area contributed by atoms with Gasteiger partial charge >= 0.3 is 0 Å². The van der Waals surface area contributed by atoms with E-state index in [-0.39, 0.29) is 0 Å². The van der Waals surface area contributed by atoms with E-state index < -0.39 is 0 Å². The normalized spacial score (nSPS) is 17.7. The Balaban J connectivity index is 2.00. The number of aryl methyl sites for hydroxylation is 1. The number of benzene rings is 1. The first-order chi connectivity index (χ1) is 7.25. The van der Waals surface area contributed by atoms with Crippen molar-refractivity contribution in [1.29, 1.82) is 0 Å². The van der Waals surface area contributed by atoms with Crippen LogP contribution < -0.4 is 10.1 Å². The van der Waals surface area contributed by atoms with Crippen molar-refractivity contribution in [3.63, 3.8) is 0 Å². The van der Waals surface area contributed by atoms with E-state index in [4.69, 9.17) is 16.3 Å². The van der Waals surface area contributed by atoms with E-state index in [0.29, 0.717) is 6.10 Å². The lowest BCUT2D eigenvalue weighted by atomic mass is 10.1. The fourth-order valence-corrected chi connectivity index (χ4v) is 1.85. The molecular formula is C12H15ClNO. The van der Waals surface area contributed by atoms with Crippen LogP contribution in [0.5, 0.6) is 5.75 Å². The Morgan fingerprint density at radius 3 is 2.73 bits per heavy atom. The molecule has 0 bridgehead atoms. The second kappa shape index (κ2) is 4.86. The van der Waals surface area contributed by atoms with Crippen LogP contribution in [0.15, 0.2) is 18.2 Å². The summed E-state index contributed by atoms with van der Waals surface area (Å²) in [5, 5.41) is 5.07. The molecule has 1 radical (unpaired) electrons. The molecule has 0 N–H and O–H groups in total. The minimum atomic E-state index is 0.307. The van der Waals surface area contributed by atoms with Crippen LogP contribution in [0, 0.1) is 6.92 Å². The van der Waals surface area contributed by atoms with Crippen molar-refractivity contribution in [1.82, 2.24) is 5.32 Å². The number of hydrogen-bond acceptors (Lipinski definition) is 1. The van der Waals surface area contributed by atoms with Gasteiger partial charge in [0.2, 0.25) is 0 Å². The van der Waals surface area contributed by atoms with Crippen LogP contribution in [-0.4, -0.2) is 19.2 Å². The zero-order valence-electron chi connectivity index (χ0n) is 8.87. The molecule has 1 fully saturated rings. The van der Waals surface area contributed by atoms with Gasteiger partial charge in [0.15, 0.2) is 0 Å². The first-order valence-electron chi connectivity index (χ1n) is 5.32. The molecular weight excluding hydrogens is 210 g/mol. The summed E-state index contributed by atoms with van der Waals surface area (Å²) in [6.07, 6.45) is 2.35. The number of halogens is 1. The molecule has 1 aliphatic heterocycles. The molecule has 2 nitrogen and oxygen atoms in total. The van der Waals surface area contributed by atoms with Crippen LogP contribution in [0.2, 0.25) is 5.02 Å². The van der Waals surface area contributed by atoms with E-state index in [9.17, 15) is 0 Å². The van der Waals surface area contributed by atoms with Gasteiger partial charge in [0, 0.05) is 18.1 Å². The molecule has 0 atom stereocenters. The zero-order chi connectivity index (χ0) is 10.7. The molecule has 1 aliphatic rings. The summed E-state index contributed by atoms with van der Waals surface area (Å²) in [6.45, 7) is 3.83. The van der Waals surface area contributed by atoms with Crippen molar-refractivity contribution < 1.29 is 4.74 Å². The average molecular weight is 225 g/mol. The Labute approximate surface area is 95.6 Å². The monoisotopic (exact) mass is 224 g/mol. The highest BCUT2D eigenvalue weighted by molar-refractivity contribution is 6.31. The lowest BCUT2D eigenvalue weighted by molar-refractivity contribution is 0.161. The molecule has 0 saturated carbocycles. The molecule has 3 heteroatoms. The van der Waals surface area contributed by atoms with Crippen molar-refractivity contribution >= 4 is 11.6 Å². The Hall–Kier alpha value is -0.730. The second-order valence-corrected chi connectivity index (χ2v) is 4.31. The molecule has 1 aromatic carbocycles. The lowest BCUT2D eigenvalue weighted by Gasteiger charge is -2.23. The van der Waals surface area contributed by atoms with Gasteiger partial charge in [-0.25, -0.2) is 5.32 Å². The third kappa shape index (κ3) is 2.86. The van der Waals surface area contributed by atoms with Crippen molar-refractivity contribution in [2.45, 2.75) is 25.9 Å². The van der Waals surface area contributed by atoms with Gasteiger partial charge < -0.3 is 4.74 Å². The number of rotatable bonds is 2. The van der Waals surface area contributed by atoms with Crippen LogP contribution in [0.3, 0.4) is 0 Å². The zero-order valence-corrected chi connectivity index (χ0v) is 9.63. The molecule has 0 spiro atoms. The smallest absolute Gasteiger partial charge is 0.121 e. The molecule has 0 amide bonds. The molecule has 1 aromatic rings. The summed E-state index contributed by atoms with van der Waals surface area (Å²) in [4.78, 5) is 0. The maximum Gasteiger partial charge on any atom is 0.121 e. The minimum Gasteiger partial charge on any atom is -0.490 e. The van der Waals surface area contributed by atoms with Crippen molar-refractivity contribution in [2.75, 3.05) is 13.1 Å². The predicted molar refractivity (Wildman–Crippen MR) is 61.7 cm³/mol. The Kier molecular flexibility index (Phi) is 3.49. The van der Waals surface area contributed by atoms with Crippen LogP contribution in [0.25, 0.3) is 0 Å². The topological polar surface area (TPSA) is 23.3 Å². The molecule has 15 heavy (non-hydrogen) atoms. The molecule has 1 heterocycles. The molecule has 0 unspecified atom stereocenters. The molecule has 81 valence electrons. The van der Waals surface area contributed by atoms with E-state index in [0.717, 1.165) is 42.3 Å². The highest BCUT2D eigenvalue weighted by atomic mass is 35.5. The van der Waals surface area contributed by atoms with Crippen LogP contribution >= 0.6 is 11.6 Å². The van der Waals surface area contributed by atoms with E-state index in [1.54, 1.807) is 0 Å². The molecule has 0 aromatic heterocycles. The second-order valence-electron chi connectivity index (χ2n) is 3.90. The first kappa shape index (κ1) is 10.8. The summed E-state index contributed by atoms with van der Waals surface area (Å²) < 4.78 is 5.85. The number of hydrogen-bond donors (Lipinski definition) is 0. The van der Waals surface area contributed by atoms with Gasteiger partial charge in [-0.3, -0.25) is 0 Å². The standard InChI is InChI=1S/C12H15ClNO/c1-9-2-3-11(8-12(9)13)15-10-4-6-14-7-5-10/h2-3,8,10H,4-7H2,1H3. The maximum absolute atomic E-state index is 6.03. The van der Waals surface area contributed by atoms with Crippen molar-refractivity contribution in [3.05, 3.63) is 28.8 Å². The summed E-state index contributed by atoms with van der Waals surface area (Å²) in [7, 11) is 0. The van der Waals surface area contributed by atoms with E-state index in [1.807, 2.05) is 25.1 Å². The molecule has 1 saturated heterocycles. The van der Waals surface area contributed by atoms with Gasteiger partial charge in [-0.15, -0.1) is 0 Å². The van der Waals surface area contributed by atoms with Crippen LogP contribution in [-0.2, 0) is 0 Å². The van der Waals surface area contributed by atoms with E-state index in [2.05, 4.69) is 5.32 Å². The Bertz CT molecular complexity index is 334. The highest BCUT2D eigenvalue weighted by Gasteiger charge is 2.15. The van der Waals surface area contributed by atoms with Gasteiger partial charge in [0.25, 0.3) is 0 Å². The van der Waals surface area contributed by atoms with Gasteiger partial charge in [0.1, 0.15) is 11.9 Å². The average Bonchev–Trinajstić information content (AvgIpc) is 2.25. The van der Waals surface area contributed by atoms with Crippen molar-refractivity contribution in [3.8, 4) is 5.75 Å². The van der Waals surface area contributed by atoms with E-state index >= 15 is 0 Å². The quantitative estimate of drug-likeness (QED) is 0.758. The van der Waals surface area contributed by atoms with Gasteiger partial charge in [-0.05, 0) is 37.5 Å². The number of ether oxygens (including phenoxy) is 1. The van der Waals surface area contributed by atoms with Crippen LogP contribution in [0.1, 0.15) is 18.4 Å². The molecule has 2 rings (SSSR count). The summed E-state index contributed by atoms with van der Waals surface area (Å²) >= 11 is 6.03. The SMILES string of the molecule is Cc1ccc(OC2CC[N]CC2)cc1Cl. The summed E-state index contributed by atoms with van der Waals surface area (Å²) in [5.41, 5.74) is 1.09. The first-order valence-corrected chi connectivity index (χ1v) is 5.69. The van der Waals surface area contributed by atoms with Gasteiger partial charge in [0.05, 0.1) is 0 Å². The Morgan fingerprint density at radius 2 is 2.07 bits per heavy atom. The highest BCUT2D eigenvalue weighted by Crippen LogP contribution is 2.23. The largest absolute Gasteiger partial charge is 0.490 e. The van der Waals surface area contributed by atoms with Gasteiger partial charge in [-0.2, -0.15) is 0 Å². The molecule has 0 aliphatic carbocycles. The third-order valence-electron chi connectivity index (χ3n) is 2.66. The minimum absolute atomic E-state index is 0.307. The predicted octanol–water partition coefficient (Wildman–Crippen LogP) is 2.79. The summed E-state index contributed by atoms with van der Waals surface area (Å²) in [5.74, 6) is 0.873. The Morgan fingerprint density at radius 1 is 1.33 bits per heavy atom. The number of piperidine rings is 1. The number of nitrogens with zero attached hydrogens (tertiary/aromatic N) is 1. The van der Waals surface area contributed by atoms with Crippen LogP contribution in [0.4, 0.5) is 0 Å². The fourth-order valence-electron chi connectivity index (χ4n) is 1.68. The third-order valence-corrected chi connectivity index (χ3v) is 3.07. The lowest BCUT2D eigenvalue weighted by Crippen LogP contribution is -2.30.